The number of nitriles is 1. The second kappa shape index (κ2) is 4.83. The van der Waals surface area contributed by atoms with Crippen molar-refractivity contribution in [1.29, 1.82) is 5.26 Å². The van der Waals surface area contributed by atoms with E-state index in [9.17, 15) is 10.4 Å². The molecular weight excluding hydrogens is 224 g/mol. The van der Waals surface area contributed by atoms with Crippen molar-refractivity contribution in [3.8, 4) is 6.07 Å². The highest BCUT2D eigenvalue weighted by Crippen LogP contribution is 2.43. The number of fused-ring (bicyclic) bond motifs is 2. The summed E-state index contributed by atoms with van der Waals surface area (Å²) in [7, 11) is 0. The molecule has 0 aromatic heterocycles. The maximum atomic E-state index is 9.89. The minimum Gasteiger partial charge on any atom is -0.393 e. The zero-order chi connectivity index (χ0) is 12.7. The molecule has 3 rings (SSSR count). The maximum absolute atomic E-state index is 9.89. The van der Waals surface area contributed by atoms with E-state index in [1.54, 1.807) is 0 Å². The van der Waals surface area contributed by atoms with Gasteiger partial charge in [-0.1, -0.05) is 6.92 Å². The van der Waals surface area contributed by atoms with Crippen molar-refractivity contribution in [2.45, 2.75) is 76.1 Å². The molecule has 2 aliphatic heterocycles. The van der Waals surface area contributed by atoms with Gasteiger partial charge in [-0.3, -0.25) is 4.90 Å². The average molecular weight is 248 g/mol. The van der Waals surface area contributed by atoms with Gasteiger partial charge in [0.1, 0.15) is 0 Å². The van der Waals surface area contributed by atoms with Crippen LogP contribution in [0.25, 0.3) is 0 Å². The molecule has 2 bridgehead atoms. The number of nitrogens with zero attached hydrogens (tertiary/aromatic N) is 2. The van der Waals surface area contributed by atoms with E-state index in [0.29, 0.717) is 18.1 Å². The van der Waals surface area contributed by atoms with Crippen LogP contribution in [0, 0.1) is 23.2 Å². The minimum atomic E-state index is -0.0969. The third kappa shape index (κ3) is 2.06. The highest BCUT2D eigenvalue weighted by molar-refractivity contribution is 5.05. The van der Waals surface area contributed by atoms with Gasteiger partial charge in [-0.05, 0) is 50.9 Å². The van der Waals surface area contributed by atoms with Gasteiger partial charge in [-0.15, -0.1) is 0 Å². The summed E-state index contributed by atoms with van der Waals surface area (Å²) < 4.78 is 0. The molecule has 2 saturated heterocycles. The fourth-order valence-electron chi connectivity index (χ4n) is 4.56. The number of rotatable bonds is 1. The first-order chi connectivity index (χ1) is 8.69. The van der Waals surface area contributed by atoms with Crippen LogP contribution in [0.2, 0.25) is 0 Å². The zero-order valence-electron chi connectivity index (χ0n) is 11.3. The topological polar surface area (TPSA) is 47.3 Å². The monoisotopic (exact) mass is 248 g/mol. The summed E-state index contributed by atoms with van der Waals surface area (Å²) in [6, 6.07) is 4.10. The lowest BCUT2D eigenvalue weighted by Crippen LogP contribution is -2.54. The standard InChI is InChI=1S/C15H24N2O/c1-10-2-3-11(9-16)15(6-10)17-12-4-5-13(17)8-14(18)7-12/h10-15,18H,2-8H2,1H3. The zero-order valence-corrected chi connectivity index (χ0v) is 11.3. The van der Waals surface area contributed by atoms with E-state index < -0.39 is 0 Å². The summed E-state index contributed by atoms with van der Waals surface area (Å²) in [5, 5.41) is 19.3. The lowest BCUT2D eigenvalue weighted by Gasteiger charge is -2.46. The third-order valence-electron chi connectivity index (χ3n) is 5.39. The van der Waals surface area contributed by atoms with Crippen LogP contribution in [-0.2, 0) is 0 Å². The molecule has 3 aliphatic rings. The molecule has 100 valence electrons. The van der Waals surface area contributed by atoms with Crippen molar-refractivity contribution in [3.63, 3.8) is 0 Å². The Morgan fingerprint density at radius 1 is 1.06 bits per heavy atom. The molecule has 1 aliphatic carbocycles. The van der Waals surface area contributed by atoms with Crippen molar-refractivity contribution >= 4 is 0 Å². The first-order valence-electron chi connectivity index (χ1n) is 7.54. The van der Waals surface area contributed by atoms with Crippen LogP contribution in [-0.4, -0.2) is 34.2 Å². The molecule has 3 heteroatoms. The second-order valence-electron chi connectivity index (χ2n) is 6.68. The van der Waals surface area contributed by atoms with E-state index >= 15 is 0 Å². The van der Waals surface area contributed by atoms with E-state index in [4.69, 9.17) is 0 Å². The van der Waals surface area contributed by atoms with Gasteiger partial charge >= 0.3 is 0 Å². The molecule has 5 unspecified atom stereocenters. The fourth-order valence-corrected chi connectivity index (χ4v) is 4.56. The van der Waals surface area contributed by atoms with E-state index in [0.717, 1.165) is 25.2 Å². The van der Waals surface area contributed by atoms with E-state index in [-0.39, 0.29) is 12.0 Å². The van der Waals surface area contributed by atoms with Gasteiger partial charge in [-0.2, -0.15) is 5.26 Å². The Morgan fingerprint density at radius 2 is 1.72 bits per heavy atom. The Bertz CT molecular complexity index is 337. The molecule has 18 heavy (non-hydrogen) atoms. The first-order valence-corrected chi connectivity index (χ1v) is 7.54. The van der Waals surface area contributed by atoms with Crippen LogP contribution in [0.1, 0.15) is 51.9 Å². The van der Waals surface area contributed by atoms with Crippen LogP contribution < -0.4 is 0 Å². The molecule has 3 nitrogen and oxygen atoms in total. The Hall–Kier alpha value is -0.590. The molecule has 0 amide bonds. The molecule has 0 aromatic rings. The van der Waals surface area contributed by atoms with Crippen molar-refractivity contribution in [2.24, 2.45) is 11.8 Å². The lowest BCUT2D eigenvalue weighted by molar-refractivity contribution is -0.0152. The van der Waals surface area contributed by atoms with E-state index in [2.05, 4.69) is 17.9 Å². The molecule has 2 heterocycles. The van der Waals surface area contributed by atoms with Crippen LogP contribution in [0.15, 0.2) is 0 Å². The van der Waals surface area contributed by atoms with Gasteiger partial charge in [0.05, 0.1) is 18.1 Å². The summed E-state index contributed by atoms with van der Waals surface area (Å²) in [6.07, 6.45) is 7.68. The SMILES string of the molecule is CC1CCC(C#N)C(N2C3CCC2CC(O)C3)C1. The van der Waals surface area contributed by atoms with Crippen LogP contribution >= 0.6 is 0 Å². The normalized spacial score (nSPS) is 48.9. The summed E-state index contributed by atoms with van der Waals surface area (Å²) in [5.41, 5.74) is 0. The Morgan fingerprint density at radius 3 is 2.33 bits per heavy atom. The van der Waals surface area contributed by atoms with Crippen molar-refractivity contribution in [1.82, 2.24) is 4.90 Å². The summed E-state index contributed by atoms with van der Waals surface area (Å²) >= 11 is 0. The van der Waals surface area contributed by atoms with Crippen LogP contribution in [0.4, 0.5) is 0 Å². The summed E-state index contributed by atoms with van der Waals surface area (Å²) in [5.74, 6) is 0.977. The first kappa shape index (κ1) is 12.4. The van der Waals surface area contributed by atoms with E-state index in [1.165, 1.54) is 25.7 Å². The predicted octanol–water partition coefficient (Wildman–Crippen LogP) is 2.30. The second-order valence-corrected chi connectivity index (χ2v) is 6.68. The van der Waals surface area contributed by atoms with Gasteiger partial charge in [-0.25, -0.2) is 0 Å². The number of piperidine rings is 1. The molecule has 1 saturated carbocycles. The lowest BCUT2D eigenvalue weighted by atomic mass is 9.77. The molecule has 1 N–H and O–H groups in total. The molecule has 0 aromatic carbocycles. The number of hydrogen-bond acceptors (Lipinski definition) is 3. The van der Waals surface area contributed by atoms with Gasteiger partial charge in [0, 0.05) is 18.1 Å². The van der Waals surface area contributed by atoms with Gasteiger partial charge in [0.15, 0.2) is 0 Å². The van der Waals surface area contributed by atoms with Gasteiger partial charge in [0.2, 0.25) is 0 Å². The van der Waals surface area contributed by atoms with Crippen molar-refractivity contribution < 1.29 is 5.11 Å². The average Bonchev–Trinajstić information content (AvgIpc) is 2.61. The van der Waals surface area contributed by atoms with Crippen LogP contribution in [0.5, 0.6) is 0 Å². The largest absolute Gasteiger partial charge is 0.393 e. The van der Waals surface area contributed by atoms with Crippen molar-refractivity contribution in [3.05, 3.63) is 0 Å². The van der Waals surface area contributed by atoms with Gasteiger partial charge in [0.25, 0.3) is 0 Å². The highest BCUT2D eigenvalue weighted by Gasteiger charge is 2.46. The Labute approximate surface area is 110 Å². The van der Waals surface area contributed by atoms with Crippen molar-refractivity contribution in [2.75, 3.05) is 0 Å². The smallest absolute Gasteiger partial charge is 0.0672 e. The highest BCUT2D eigenvalue weighted by atomic mass is 16.3. The predicted molar refractivity (Wildman–Crippen MR) is 69.8 cm³/mol. The third-order valence-corrected chi connectivity index (χ3v) is 5.39. The number of aliphatic hydroxyl groups excluding tert-OH is 1. The number of hydrogen-bond donors (Lipinski definition) is 1. The Kier molecular flexibility index (Phi) is 3.34. The quantitative estimate of drug-likeness (QED) is 0.774. The molecule has 0 radical (unpaired) electrons. The summed E-state index contributed by atoms with van der Waals surface area (Å²) in [6.45, 7) is 2.32. The number of aliphatic hydroxyl groups is 1. The van der Waals surface area contributed by atoms with Crippen LogP contribution in [0.3, 0.4) is 0 Å². The maximum Gasteiger partial charge on any atom is 0.0672 e. The Balaban J connectivity index is 1.79. The van der Waals surface area contributed by atoms with E-state index in [1.807, 2.05) is 0 Å². The molecule has 3 fully saturated rings. The summed E-state index contributed by atoms with van der Waals surface area (Å²) in [4.78, 5) is 2.64. The molecule has 5 atom stereocenters. The molecule has 0 spiro atoms. The fraction of sp³-hybridized carbons (Fsp3) is 0.933. The van der Waals surface area contributed by atoms with Gasteiger partial charge < -0.3 is 5.11 Å². The molecular formula is C15H24N2O. The minimum absolute atomic E-state index is 0.0969.